The van der Waals surface area contributed by atoms with Crippen molar-refractivity contribution in [2.75, 3.05) is 0 Å². The molecule has 2 heterocycles. The van der Waals surface area contributed by atoms with E-state index in [2.05, 4.69) is 103 Å². The van der Waals surface area contributed by atoms with E-state index in [-0.39, 0.29) is 0 Å². The van der Waals surface area contributed by atoms with Crippen molar-refractivity contribution < 1.29 is 8.98 Å². The minimum atomic E-state index is 0.930. The average Bonchev–Trinajstić information content (AvgIpc) is 3.36. The number of benzene rings is 4. The highest BCUT2D eigenvalue weighted by Crippen LogP contribution is 2.37. The molecule has 6 rings (SSSR count). The zero-order valence-corrected chi connectivity index (χ0v) is 18.8. The summed E-state index contributed by atoms with van der Waals surface area (Å²) in [6, 6.07) is 34.1. The molecule has 3 heteroatoms. The Morgan fingerprint density at radius 2 is 1.31 bits per heavy atom. The van der Waals surface area contributed by atoms with Crippen LogP contribution in [0.5, 0.6) is 0 Å². The number of aryl methyl sites for hydroxylation is 1. The van der Waals surface area contributed by atoms with Gasteiger partial charge >= 0.3 is 0 Å². The Kier molecular flexibility index (Phi) is 4.44. The summed E-state index contributed by atoms with van der Waals surface area (Å²) in [4.78, 5) is 1.29. The summed E-state index contributed by atoms with van der Waals surface area (Å²) in [6.07, 6.45) is 0. The van der Waals surface area contributed by atoms with Crippen LogP contribution in [-0.4, -0.2) is 0 Å². The third kappa shape index (κ3) is 2.97. The Hall–Kier alpha value is -3.69. The molecule has 0 amide bonds. The number of rotatable bonds is 3. The second-order valence-electron chi connectivity index (χ2n) is 8.12. The zero-order valence-electron chi connectivity index (χ0n) is 18.0. The fourth-order valence-electron chi connectivity index (χ4n) is 4.49. The molecular formula is C29H22NOS+. The van der Waals surface area contributed by atoms with Crippen LogP contribution < -0.4 is 4.57 Å². The van der Waals surface area contributed by atoms with Gasteiger partial charge in [-0.3, -0.25) is 0 Å². The van der Waals surface area contributed by atoms with Crippen LogP contribution in [0.4, 0.5) is 0 Å². The largest absolute Gasteiger partial charge is 0.456 e. The van der Waals surface area contributed by atoms with E-state index in [4.69, 9.17) is 4.42 Å². The molecule has 0 saturated heterocycles. The summed E-state index contributed by atoms with van der Waals surface area (Å²) in [7, 11) is 0. The Balaban J connectivity index is 1.67. The van der Waals surface area contributed by atoms with Gasteiger partial charge in [-0.1, -0.05) is 78.1 Å². The molecule has 154 valence electrons. The Labute approximate surface area is 191 Å². The van der Waals surface area contributed by atoms with E-state index in [0.29, 0.717) is 0 Å². The molecule has 0 aliphatic rings. The molecule has 0 spiro atoms. The molecule has 0 saturated carbocycles. The number of nitrogens with zero attached hydrogens (tertiary/aromatic N) is 1. The van der Waals surface area contributed by atoms with Crippen molar-refractivity contribution in [3.8, 4) is 26.7 Å². The van der Waals surface area contributed by atoms with Crippen LogP contribution in [0.3, 0.4) is 0 Å². The van der Waals surface area contributed by atoms with E-state index >= 15 is 0 Å². The maximum atomic E-state index is 6.14. The van der Waals surface area contributed by atoms with Gasteiger partial charge in [-0.15, -0.1) is 4.57 Å². The van der Waals surface area contributed by atoms with Gasteiger partial charge < -0.3 is 4.42 Å². The van der Waals surface area contributed by atoms with Gasteiger partial charge in [0, 0.05) is 29.3 Å². The van der Waals surface area contributed by atoms with Crippen LogP contribution in [0.15, 0.2) is 101 Å². The highest BCUT2D eigenvalue weighted by Gasteiger charge is 2.29. The van der Waals surface area contributed by atoms with E-state index in [1.807, 2.05) is 23.5 Å². The molecule has 0 aliphatic carbocycles. The monoisotopic (exact) mass is 432 g/mol. The molecule has 2 aromatic heterocycles. The summed E-state index contributed by atoms with van der Waals surface area (Å²) in [5, 5.41) is 3.54. The van der Waals surface area contributed by atoms with E-state index < -0.39 is 0 Å². The van der Waals surface area contributed by atoms with Crippen LogP contribution in [0, 0.1) is 13.8 Å². The predicted octanol–water partition coefficient (Wildman–Crippen LogP) is 7.88. The lowest BCUT2D eigenvalue weighted by Crippen LogP contribution is -2.35. The highest BCUT2D eigenvalue weighted by molar-refractivity contribution is 7.18. The molecule has 0 radical (unpaired) electrons. The molecule has 32 heavy (non-hydrogen) atoms. The van der Waals surface area contributed by atoms with Gasteiger partial charge in [-0.2, -0.15) is 0 Å². The van der Waals surface area contributed by atoms with Gasteiger partial charge in [0.25, 0.3) is 5.01 Å². The lowest BCUT2D eigenvalue weighted by molar-refractivity contribution is -0.585. The molecule has 0 N–H and O–H groups in total. The lowest BCUT2D eigenvalue weighted by atomic mass is 10.1. The van der Waals surface area contributed by atoms with Crippen LogP contribution >= 0.6 is 11.3 Å². The topological polar surface area (TPSA) is 17.0 Å². The Morgan fingerprint density at radius 3 is 2.06 bits per heavy atom. The number of hydrogen-bond acceptors (Lipinski definition) is 2. The molecule has 2 nitrogen and oxygen atoms in total. The first kappa shape index (κ1) is 19.0. The third-order valence-electron chi connectivity index (χ3n) is 6.06. The van der Waals surface area contributed by atoms with Crippen molar-refractivity contribution in [1.82, 2.24) is 0 Å². The van der Waals surface area contributed by atoms with E-state index in [0.717, 1.165) is 21.9 Å². The molecule has 0 atom stereocenters. The number of hydrogen-bond donors (Lipinski definition) is 0. The fourth-order valence-corrected chi connectivity index (χ4v) is 5.76. The van der Waals surface area contributed by atoms with Crippen LogP contribution in [0.1, 0.15) is 11.3 Å². The van der Waals surface area contributed by atoms with Crippen molar-refractivity contribution in [1.29, 1.82) is 0 Å². The third-order valence-corrected chi connectivity index (χ3v) is 7.41. The molecule has 0 bridgehead atoms. The maximum absolute atomic E-state index is 6.14. The van der Waals surface area contributed by atoms with Gasteiger partial charge in [0.2, 0.25) is 11.4 Å². The standard InChI is InChI=1S/C29H22NOS/c1-19-17-27-24(23-15-9-10-16-26(23)31-27)18-25(19)30-20(2)28(21-11-5-3-6-12-21)32-29(30)22-13-7-4-8-14-22/h3-18H,1-2H3/q+1. The number of fused-ring (bicyclic) bond motifs is 3. The van der Waals surface area contributed by atoms with Crippen molar-refractivity contribution in [3.63, 3.8) is 0 Å². The highest BCUT2D eigenvalue weighted by atomic mass is 32.1. The number of aromatic nitrogens is 1. The van der Waals surface area contributed by atoms with Crippen molar-refractivity contribution in [2.45, 2.75) is 13.8 Å². The lowest BCUT2D eigenvalue weighted by Gasteiger charge is -2.04. The van der Waals surface area contributed by atoms with Crippen LogP contribution in [0.2, 0.25) is 0 Å². The predicted molar refractivity (Wildman–Crippen MR) is 133 cm³/mol. The first-order valence-electron chi connectivity index (χ1n) is 10.8. The van der Waals surface area contributed by atoms with E-state index in [1.165, 1.54) is 38.0 Å². The smallest absolute Gasteiger partial charge is 0.275 e. The Bertz CT molecular complexity index is 1580. The minimum absolute atomic E-state index is 0.930. The van der Waals surface area contributed by atoms with Crippen molar-refractivity contribution >= 4 is 33.3 Å². The summed E-state index contributed by atoms with van der Waals surface area (Å²) in [5.74, 6) is 0. The van der Waals surface area contributed by atoms with Crippen molar-refractivity contribution in [3.05, 3.63) is 108 Å². The summed E-state index contributed by atoms with van der Waals surface area (Å²) in [5.41, 5.74) is 7.97. The van der Waals surface area contributed by atoms with Crippen LogP contribution in [-0.2, 0) is 0 Å². The van der Waals surface area contributed by atoms with Gasteiger partial charge in [-0.25, -0.2) is 0 Å². The second-order valence-corrected chi connectivity index (χ2v) is 9.12. The quantitative estimate of drug-likeness (QED) is 0.260. The summed E-state index contributed by atoms with van der Waals surface area (Å²) in [6.45, 7) is 4.39. The first-order chi connectivity index (χ1) is 15.7. The molecule has 4 aromatic carbocycles. The summed E-state index contributed by atoms with van der Waals surface area (Å²) >= 11 is 1.85. The molecule has 0 fully saturated rings. The molecule has 6 aromatic rings. The van der Waals surface area contributed by atoms with E-state index in [1.54, 1.807) is 0 Å². The van der Waals surface area contributed by atoms with Gasteiger partial charge in [0.1, 0.15) is 16.0 Å². The average molecular weight is 433 g/mol. The van der Waals surface area contributed by atoms with Gasteiger partial charge in [-0.05, 0) is 36.8 Å². The Morgan fingerprint density at radius 1 is 0.656 bits per heavy atom. The second kappa shape index (κ2) is 7.47. The SMILES string of the molecule is Cc1cc2oc3ccccc3c2cc1-[n+]1c(-c2ccccc2)sc(-c2ccccc2)c1C. The molecule has 0 aliphatic heterocycles. The zero-order chi connectivity index (χ0) is 21.7. The number of furan rings is 1. The van der Waals surface area contributed by atoms with Gasteiger partial charge in [0.05, 0.1) is 5.56 Å². The van der Waals surface area contributed by atoms with E-state index in [9.17, 15) is 0 Å². The normalized spacial score (nSPS) is 11.4. The van der Waals surface area contributed by atoms with Crippen LogP contribution in [0.25, 0.3) is 48.6 Å². The maximum Gasteiger partial charge on any atom is 0.275 e. The molecule has 0 unspecified atom stereocenters. The minimum Gasteiger partial charge on any atom is -0.456 e. The van der Waals surface area contributed by atoms with Crippen molar-refractivity contribution in [2.24, 2.45) is 0 Å². The number of thiazole rings is 1. The summed E-state index contributed by atoms with van der Waals surface area (Å²) < 4.78 is 8.55. The molecular weight excluding hydrogens is 410 g/mol. The fraction of sp³-hybridized carbons (Fsp3) is 0.0690. The number of para-hydroxylation sites is 1. The first-order valence-corrected chi connectivity index (χ1v) is 11.6. The van der Waals surface area contributed by atoms with Gasteiger partial charge in [0.15, 0.2) is 0 Å².